The summed E-state index contributed by atoms with van der Waals surface area (Å²) in [6, 6.07) is 9.32. The van der Waals surface area contributed by atoms with Gasteiger partial charge in [0.15, 0.2) is 0 Å². The molecule has 0 saturated carbocycles. The maximum atomic E-state index is 3.84. The van der Waals surface area contributed by atoms with Crippen molar-refractivity contribution in [2.24, 2.45) is 5.92 Å². The molecule has 1 N–H and O–H groups in total. The lowest BCUT2D eigenvalue weighted by molar-refractivity contribution is 0.212. The molecule has 1 fully saturated rings. The van der Waals surface area contributed by atoms with Crippen LogP contribution in [0.1, 0.15) is 28.6 Å². The summed E-state index contributed by atoms with van der Waals surface area (Å²) in [5.41, 5.74) is 0. The predicted molar refractivity (Wildman–Crippen MR) is 93.3 cm³/mol. The highest BCUT2D eigenvalue weighted by Crippen LogP contribution is 2.26. The molecule has 0 aromatic carbocycles. The first-order valence-corrected chi connectivity index (χ1v) is 9.55. The lowest BCUT2D eigenvalue weighted by atomic mass is 9.96. The molecular weight excluding hydrogens is 296 g/mol. The molecule has 1 atom stereocenters. The van der Waals surface area contributed by atoms with Crippen LogP contribution < -0.4 is 5.32 Å². The molecule has 3 heterocycles. The van der Waals surface area contributed by atoms with Crippen LogP contribution in [0, 0.1) is 5.92 Å². The quantitative estimate of drug-likeness (QED) is 0.864. The van der Waals surface area contributed by atoms with Crippen molar-refractivity contribution in [2.75, 3.05) is 26.7 Å². The molecule has 114 valence electrons. The number of hydrogen-bond donors (Lipinski definition) is 1. The number of likely N-dealkylation sites (tertiary alicyclic amines) is 1. The average Bonchev–Trinajstić information content (AvgIpc) is 3.18. The smallest absolute Gasteiger partial charge is 0.0463 e. The molecule has 2 aromatic heterocycles. The molecule has 0 amide bonds. The molecule has 1 aliphatic heterocycles. The summed E-state index contributed by atoms with van der Waals surface area (Å²) in [5, 5.41) is 8.21. The molecule has 1 unspecified atom stereocenters. The van der Waals surface area contributed by atoms with E-state index in [9.17, 15) is 0 Å². The van der Waals surface area contributed by atoms with Crippen molar-refractivity contribution in [1.82, 2.24) is 10.2 Å². The Morgan fingerprint density at radius 2 is 1.95 bits per heavy atom. The second kappa shape index (κ2) is 7.54. The third kappa shape index (κ3) is 4.39. The van der Waals surface area contributed by atoms with E-state index < -0.39 is 0 Å². The van der Waals surface area contributed by atoms with E-state index in [1.165, 1.54) is 35.7 Å². The Labute approximate surface area is 135 Å². The zero-order valence-corrected chi connectivity index (χ0v) is 14.3. The van der Waals surface area contributed by atoms with Gasteiger partial charge in [-0.05, 0) is 68.3 Å². The molecule has 1 saturated heterocycles. The van der Waals surface area contributed by atoms with E-state index in [4.69, 9.17) is 0 Å². The van der Waals surface area contributed by atoms with Crippen LogP contribution in [0.3, 0.4) is 0 Å². The summed E-state index contributed by atoms with van der Waals surface area (Å²) < 4.78 is 0. The van der Waals surface area contributed by atoms with E-state index in [1.54, 1.807) is 0 Å². The molecule has 1 aliphatic rings. The molecule has 0 spiro atoms. The van der Waals surface area contributed by atoms with Crippen molar-refractivity contribution in [3.05, 3.63) is 44.8 Å². The Kier molecular flexibility index (Phi) is 5.47. The van der Waals surface area contributed by atoms with Gasteiger partial charge in [-0.15, -0.1) is 22.7 Å². The average molecular weight is 321 g/mol. The topological polar surface area (TPSA) is 15.3 Å². The number of nitrogens with one attached hydrogen (secondary N) is 1. The largest absolute Gasteiger partial charge is 0.309 e. The second-order valence-electron chi connectivity index (χ2n) is 6.01. The van der Waals surface area contributed by atoms with E-state index in [-0.39, 0.29) is 0 Å². The number of nitrogens with zero attached hydrogens (tertiary/aromatic N) is 1. The molecule has 0 bridgehead atoms. The summed E-state index contributed by atoms with van der Waals surface area (Å²) in [5.74, 6) is 0.840. The standard InChI is InChI=1S/C17H24N2S2/c1-19-8-6-14(7-9-19)13-18-16(17-5-3-11-21-17)12-15-4-2-10-20-15/h2-5,10-11,14,16,18H,6-9,12-13H2,1H3. The van der Waals surface area contributed by atoms with Crippen molar-refractivity contribution >= 4 is 22.7 Å². The monoisotopic (exact) mass is 320 g/mol. The van der Waals surface area contributed by atoms with Gasteiger partial charge in [-0.25, -0.2) is 0 Å². The lowest BCUT2D eigenvalue weighted by Crippen LogP contribution is -2.36. The van der Waals surface area contributed by atoms with E-state index >= 15 is 0 Å². The van der Waals surface area contributed by atoms with Gasteiger partial charge in [-0.1, -0.05) is 12.1 Å². The summed E-state index contributed by atoms with van der Waals surface area (Å²) >= 11 is 3.74. The predicted octanol–water partition coefficient (Wildman–Crippen LogP) is 4.02. The second-order valence-corrected chi connectivity index (χ2v) is 8.02. The molecule has 2 aromatic rings. The van der Waals surface area contributed by atoms with Gasteiger partial charge in [0, 0.05) is 22.2 Å². The first-order valence-electron chi connectivity index (χ1n) is 7.79. The highest BCUT2D eigenvalue weighted by molar-refractivity contribution is 7.10. The first kappa shape index (κ1) is 15.2. The minimum absolute atomic E-state index is 0.475. The summed E-state index contributed by atoms with van der Waals surface area (Å²) in [7, 11) is 2.23. The highest BCUT2D eigenvalue weighted by Gasteiger charge is 2.19. The molecule has 21 heavy (non-hydrogen) atoms. The van der Waals surface area contributed by atoms with Crippen molar-refractivity contribution in [2.45, 2.75) is 25.3 Å². The Balaban J connectivity index is 1.57. The van der Waals surface area contributed by atoms with Gasteiger partial charge in [0.2, 0.25) is 0 Å². The molecule has 0 aliphatic carbocycles. The fraction of sp³-hybridized carbons (Fsp3) is 0.529. The van der Waals surface area contributed by atoms with Crippen LogP contribution >= 0.6 is 22.7 Å². The maximum Gasteiger partial charge on any atom is 0.0463 e. The zero-order chi connectivity index (χ0) is 14.5. The van der Waals surface area contributed by atoms with Crippen LogP contribution in [0.15, 0.2) is 35.0 Å². The van der Waals surface area contributed by atoms with Crippen LogP contribution in [0.4, 0.5) is 0 Å². The Hall–Kier alpha value is -0.680. The van der Waals surface area contributed by atoms with Gasteiger partial charge in [-0.2, -0.15) is 0 Å². The molecule has 4 heteroatoms. The van der Waals surface area contributed by atoms with Crippen molar-refractivity contribution in [3.63, 3.8) is 0 Å². The van der Waals surface area contributed by atoms with E-state index in [0.717, 1.165) is 18.9 Å². The lowest BCUT2D eigenvalue weighted by Gasteiger charge is -2.30. The highest BCUT2D eigenvalue weighted by atomic mass is 32.1. The molecule has 0 radical (unpaired) electrons. The zero-order valence-electron chi connectivity index (χ0n) is 12.6. The molecule has 3 rings (SSSR count). The minimum Gasteiger partial charge on any atom is -0.309 e. The van der Waals surface area contributed by atoms with Crippen LogP contribution in [0.5, 0.6) is 0 Å². The van der Waals surface area contributed by atoms with Gasteiger partial charge < -0.3 is 10.2 Å². The summed E-state index contributed by atoms with van der Waals surface area (Å²) in [6.07, 6.45) is 3.78. The number of thiophene rings is 2. The number of hydrogen-bond acceptors (Lipinski definition) is 4. The maximum absolute atomic E-state index is 3.84. The van der Waals surface area contributed by atoms with Gasteiger partial charge in [-0.3, -0.25) is 0 Å². The van der Waals surface area contributed by atoms with Crippen molar-refractivity contribution in [1.29, 1.82) is 0 Å². The Morgan fingerprint density at radius 3 is 2.62 bits per heavy atom. The molecule has 2 nitrogen and oxygen atoms in total. The summed E-state index contributed by atoms with van der Waals surface area (Å²) in [6.45, 7) is 3.66. The van der Waals surface area contributed by atoms with Gasteiger partial charge in [0.25, 0.3) is 0 Å². The van der Waals surface area contributed by atoms with Crippen molar-refractivity contribution < 1.29 is 0 Å². The van der Waals surface area contributed by atoms with Crippen LogP contribution in [-0.4, -0.2) is 31.6 Å². The Morgan fingerprint density at radius 1 is 1.19 bits per heavy atom. The van der Waals surface area contributed by atoms with E-state index in [2.05, 4.69) is 52.3 Å². The number of piperidine rings is 1. The van der Waals surface area contributed by atoms with E-state index in [0.29, 0.717) is 6.04 Å². The first-order chi connectivity index (χ1) is 10.3. The fourth-order valence-corrected chi connectivity index (χ4v) is 4.52. The SMILES string of the molecule is CN1CCC(CNC(Cc2cccs2)c2cccs2)CC1. The normalized spacial score (nSPS) is 18.9. The third-order valence-corrected chi connectivity index (χ3v) is 6.25. The minimum atomic E-state index is 0.475. The fourth-order valence-electron chi connectivity index (χ4n) is 2.97. The van der Waals surface area contributed by atoms with Gasteiger partial charge in [0.1, 0.15) is 0 Å². The van der Waals surface area contributed by atoms with Gasteiger partial charge >= 0.3 is 0 Å². The van der Waals surface area contributed by atoms with Crippen LogP contribution in [-0.2, 0) is 6.42 Å². The van der Waals surface area contributed by atoms with E-state index in [1.807, 2.05) is 22.7 Å². The Bertz CT molecular complexity index is 499. The molecular formula is C17H24N2S2. The van der Waals surface area contributed by atoms with Crippen molar-refractivity contribution in [3.8, 4) is 0 Å². The third-order valence-electron chi connectivity index (χ3n) is 4.36. The van der Waals surface area contributed by atoms with Crippen LogP contribution in [0.2, 0.25) is 0 Å². The van der Waals surface area contributed by atoms with Crippen LogP contribution in [0.25, 0.3) is 0 Å². The summed E-state index contributed by atoms with van der Waals surface area (Å²) in [4.78, 5) is 5.39. The van der Waals surface area contributed by atoms with Gasteiger partial charge in [0.05, 0.1) is 0 Å². The number of rotatable bonds is 6.